The molecule has 0 radical (unpaired) electrons. The fraction of sp³-hybridized carbons (Fsp3) is 0. The number of nitrogens with one attached hydrogen (secondary N) is 1. The lowest BCUT2D eigenvalue weighted by molar-refractivity contribution is 0.580. The van der Waals surface area contributed by atoms with Crippen LogP contribution in [0.3, 0.4) is 0 Å². The van der Waals surface area contributed by atoms with Gasteiger partial charge < -0.3 is 9.83 Å². The fourth-order valence-corrected chi connectivity index (χ4v) is 1.84. The van der Waals surface area contributed by atoms with Gasteiger partial charge in [-0.3, -0.25) is 0 Å². The second-order valence-corrected chi connectivity index (χ2v) is 3.92. The first kappa shape index (κ1) is 9.85. The van der Waals surface area contributed by atoms with Crippen LogP contribution in [0.1, 0.15) is 0 Å². The highest BCUT2D eigenvalue weighted by atomic mass is 16.3. The molecule has 0 bridgehead atoms. The molecule has 1 aromatic rings. The molecular formula is C15H11NO. The molecule has 0 unspecified atom stereocenters. The van der Waals surface area contributed by atoms with Gasteiger partial charge in [0.05, 0.1) is 5.36 Å². The number of rotatable bonds is 1. The lowest BCUT2D eigenvalue weighted by Gasteiger charge is -2.07. The van der Waals surface area contributed by atoms with Crippen molar-refractivity contribution in [3.05, 3.63) is 66.0 Å². The Bertz CT molecular complexity index is 670. The van der Waals surface area contributed by atoms with Gasteiger partial charge in [-0.25, -0.2) is 0 Å². The normalized spacial score (nSPS) is 10.6. The van der Waals surface area contributed by atoms with Crippen molar-refractivity contribution in [3.8, 4) is 22.6 Å². The first-order chi connectivity index (χ1) is 8.33. The molecule has 1 N–H and O–H groups in total. The highest BCUT2D eigenvalue weighted by Crippen LogP contribution is 2.27. The van der Waals surface area contributed by atoms with Crippen LogP contribution in [-0.2, 0) is 0 Å². The highest BCUT2D eigenvalue weighted by molar-refractivity contribution is 5.64. The maximum Gasteiger partial charge on any atom is 0.136 e. The van der Waals surface area contributed by atoms with Crippen molar-refractivity contribution < 1.29 is 4.42 Å². The number of benzene rings is 2. The second-order valence-electron chi connectivity index (χ2n) is 3.92. The van der Waals surface area contributed by atoms with E-state index in [2.05, 4.69) is 0 Å². The molecule has 1 heterocycles. The maximum atomic E-state index is 7.59. The van der Waals surface area contributed by atoms with Gasteiger partial charge in [0.1, 0.15) is 11.5 Å². The minimum atomic E-state index is 0.464. The van der Waals surface area contributed by atoms with Crippen molar-refractivity contribution in [1.82, 2.24) is 0 Å². The van der Waals surface area contributed by atoms with Crippen LogP contribution in [0.5, 0.6) is 0 Å². The minimum absolute atomic E-state index is 0.464. The van der Waals surface area contributed by atoms with Crippen molar-refractivity contribution in [3.63, 3.8) is 0 Å². The second kappa shape index (κ2) is 3.91. The lowest BCUT2D eigenvalue weighted by atomic mass is 10.1. The van der Waals surface area contributed by atoms with Crippen LogP contribution in [0.2, 0.25) is 0 Å². The van der Waals surface area contributed by atoms with E-state index in [4.69, 9.17) is 9.83 Å². The molecule has 1 aliphatic carbocycles. The Morgan fingerprint density at radius 2 is 1.41 bits per heavy atom. The summed E-state index contributed by atoms with van der Waals surface area (Å²) in [4.78, 5) is 0. The van der Waals surface area contributed by atoms with Gasteiger partial charge in [-0.05, 0) is 24.3 Å². The van der Waals surface area contributed by atoms with Crippen molar-refractivity contribution in [1.29, 1.82) is 5.41 Å². The van der Waals surface area contributed by atoms with E-state index in [9.17, 15) is 0 Å². The van der Waals surface area contributed by atoms with E-state index in [0.29, 0.717) is 5.36 Å². The third-order valence-electron chi connectivity index (χ3n) is 2.71. The summed E-state index contributed by atoms with van der Waals surface area (Å²) in [6.07, 6.45) is 0. The predicted octanol–water partition coefficient (Wildman–Crippen LogP) is 3.53. The summed E-state index contributed by atoms with van der Waals surface area (Å²) in [5.74, 6) is 1.57. The van der Waals surface area contributed by atoms with Crippen LogP contribution in [0.4, 0.5) is 0 Å². The SMILES string of the molecule is N=c1ccc2ccc(-c3ccccc3)oc-2c1. The summed E-state index contributed by atoms with van der Waals surface area (Å²) < 4.78 is 5.81. The fourth-order valence-electron chi connectivity index (χ4n) is 1.84. The molecule has 0 aromatic heterocycles. The third-order valence-corrected chi connectivity index (χ3v) is 2.71. The van der Waals surface area contributed by atoms with Gasteiger partial charge >= 0.3 is 0 Å². The van der Waals surface area contributed by atoms with Crippen molar-refractivity contribution in [2.75, 3.05) is 0 Å². The van der Waals surface area contributed by atoms with Gasteiger partial charge in [-0.1, -0.05) is 30.3 Å². The van der Waals surface area contributed by atoms with E-state index in [1.807, 2.05) is 48.5 Å². The molecule has 0 spiro atoms. The van der Waals surface area contributed by atoms with E-state index in [1.165, 1.54) is 0 Å². The summed E-state index contributed by atoms with van der Waals surface area (Å²) in [6, 6.07) is 19.3. The van der Waals surface area contributed by atoms with Crippen LogP contribution in [0.15, 0.2) is 65.1 Å². The highest BCUT2D eigenvalue weighted by Gasteiger charge is 2.06. The first-order valence-electron chi connectivity index (χ1n) is 5.47. The van der Waals surface area contributed by atoms with Crippen LogP contribution < -0.4 is 5.36 Å². The largest absolute Gasteiger partial charge is 0.456 e. The summed E-state index contributed by atoms with van der Waals surface area (Å²) in [7, 11) is 0. The summed E-state index contributed by atoms with van der Waals surface area (Å²) in [6.45, 7) is 0. The Morgan fingerprint density at radius 3 is 2.24 bits per heavy atom. The molecule has 82 valence electrons. The van der Waals surface area contributed by atoms with Crippen LogP contribution in [0.25, 0.3) is 22.6 Å². The van der Waals surface area contributed by atoms with Gasteiger partial charge in [0.25, 0.3) is 0 Å². The van der Waals surface area contributed by atoms with Crippen LogP contribution >= 0.6 is 0 Å². The van der Waals surface area contributed by atoms with Gasteiger partial charge in [-0.15, -0.1) is 0 Å². The Hall–Kier alpha value is -2.35. The van der Waals surface area contributed by atoms with Crippen molar-refractivity contribution in [2.45, 2.75) is 0 Å². The Labute approximate surface area is 99.0 Å². The van der Waals surface area contributed by atoms with E-state index in [1.54, 1.807) is 12.1 Å². The van der Waals surface area contributed by atoms with Crippen LogP contribution in [0, 0.1) is 5.41 Å². The molecule has 0 fully saturated rings. The molecule has 2 nitrogen and oxygen atoms in total. The first-order valence-corrected chi connectivity index (χ1v) is 5.47. The molecule has 3 rings (SSSR count). The Kier molecular flexibility index (Phi) is 2.26. The zero-order valence-corrected chi connectivity index (χ0v) is 9.18. The standard InChI is InChI=1S/C15H11NO/c16-13-8-6-12-7-9-14(17-15(12)10-13)11-4-2-1-3-5-11/h1-10,16H. The molecule has 0 atom stereocenters. The van der Waals surface area contributed by atoms with E-state index < -0.39 is 0 Å². The molecule has 0 saturated carbocycles. The zero-order valence-electron chi connectivity index (χ0n) is 9.18. The number of hydrogen-bond donors (Lipinski definition) is 1. The maximum absolute atomic E-state index is 7.59. The van der Waals surface area contributed by atoms with Crippen LogP contribution in [-0.4, -0.2) is 0 Å². The van der Waals surface area contributed by atoms with E-state index in [0.717, 1.165) is 22.6 Å². The Balaban J connectivity index is 2.21. The lowest BCUT2D eigenvalue weighted by Crippen LogP contribution is -1.97. The summed E-state index contributed by atoms with van der Waals surface area (Å²) in [5.41, 5.74) is 2.06. The molecule has 1 aliphatic heterocycles. The monoisotopic (exact) mass is 221 g/mol. The third kappa shape index (κ3) is 1.85. The Morgan fingerprint density at radius 1 is 0.706 bits per heavy atom. The topological polar surface area (TPSA) is 37.0 Å². The van der Waals surface area contributed by atoms with E-state index >= 15 is 0 Å². The quantitative estimate of drug-likeness (QED) is 0.670. The van der Waals surface area contributed by atoms with Gasteiger partial charge in [0.2, 0.25) is 0 Å². The molecule has 0 amide bonds. The minimum Gasteiger partial charge on any atom is -0.456 e. The van der Waals surface area contributed by atoms with Gasteiger partial charge in [-0.2, -0.15) is 0 Å². The zero-order chi connectivity index (χ0) is 11.7. The molecule has 17 heavy (non-hydrogen) atoms. The smallest absolute Gasteiger partial charge is 0.136 e. The molecule has 2 aliphatic rings. The predicted molar refractivity (Wildman–Crippen MR) is 66.6 cm³/mol. The summed E-state index contributed by atoms with van der Waals surface area (Å²) in [5, 5.41) is 8.06. The van der Waals surface area contributed by atoms with E-state index in [-0.39, 0.29) is 0 Å². The van der Waals surface area contributed by atoms with Gasteiger partial charge in [0.15, 0.2) is 0 Å². The molecule has 2 heteroatoms. The molecular weight excluding hydrogens is 210 g/mol. The average molecular weight is 221 g/mol. The summed E-state index contributed by atoms with van der Waals surface area (Å²) >= 11 is 0. The number of hydrogen-bond acceptors (Lipinski definition) is 2. The van der Waals surface area contributed by atoms with Crippen molar-refractivity contribution >= 4 is 0 Å². The van der Waals surface area contributed by atoms with Gasteiger partial charge in [0, 0.05) is 17.2 Å². The molecule has 1 aromatic carbocycles. The van der Waals surface area contributed by atoms with Crippen molar-refractivity contribution in [2.24, 2.45) is 0 Å². The average Bonchev–Trinajstić information content (AvgIpc) is 2.39. The number of fused-ring (bicyclic) bond motifs is 1. The molecule has 0 saturated heterocycles.